The molecule has 1 saturated heterocycles. The Morgan fingerprint density at radius 2 is 2.07 bits per heavy atom. The second-order valence-electron chi connectivity index (χ2n) is 6.37. The Labute approximate surface area is 162 Å². The van der Waals surface area contributed by atoms with Gasteiger partial charge in [0.25, 0.3) is 5.91 Å². The maximum Gasteiger partial charge on any atom is 0.261 e. The first-order valence-corrected chi connectivity index (χ1v) is 8.73. The molecule has 0 saturated carbocycles. The van der Waals surface area contributed by atoms with Crippen LogP contribution in [0.25, 0.3) is 0 Å². The Balaban J connectivity index is 2.35. The van der Waals surface area contributed by atoms with Crippen molar-refractivity contribution in [2.24, 2.45) is 0 Å². The molecule has 0 bridgehead atoms. The monoisotopic (exact) mass is 393 g/mol. The molecule has 1 aliphatic heterocycles. The highest BCUT2D eigenvalue weighted by molar-refractivity contribution is 6.34. The zero-order chi connectivity index (χ0) is 20.3. The molecule has 1 aromatic carbocycles. The van der Waals surface area contributed by atoms with Gasteiger partial charge in [-0.1, -0.05) is 23.3 Å². The maximum absolute atomic E-state index is 14.5. The molecule has 1 unspecified atom stereocenters. The molecule has 6 nitrogen and oxygen atoms in total. The van der Waals surface area contributed by atoms with E-state index in [1.54, 1.807) is 26.8 Å². The third kappa shape index (κ3) is 4.36. The summed E-state index contributed by atoms with van der Waals surface area (Å²) in [5.41, 5.74) is 1.09. The van der Waals surface area contributed by atoms with Gasteiger partial charge in [-0.25, -0.2) is 9.29 Å². The highest BCUT2D eigenvalue weighted by atomic mass is 35.5. The van der Waals surface area contributed by atoms with Crippen LogP contribution in [0.15, 0.2) is 35.9 Å². The van der Waals surface area contributed by atoms with Gasteiger partial charge >= 0.3 is 0 Å². The number of hydrogen-bond donors (Lipinski definition) is 2. The molecule has 8 heteroatoms. The van der Waals surface area contributed by atoms with Crippen LogP contribution < -0.4 is 15.5 Å². The van der Waals surface area contributed by atoms with Gasteiger partial charge in [0, 0.05) is 12.1 Å². The summed E-state index contributed by atoms with van der Waals surface area (Å²) in [5, 5.41) is 5.52. The number of carbonyl (C=O) groups excluding carboxylic acids is 3. The Kier molecular flexibility index (Phi) is 6.38. The molecule has 144 valence electrons. The topological polar surface area (TPSA) is 78.5 Å². The van der Waals surface area contributed by atoms with Gasteiger partial charge in [0.15, 0.2) is 0 Å². The van der Waals surface area contributed by atoms with Crippen molar-refractivity contribution in [3.8, 4) is 0 Å². The second kappa shape index (κ2) is 8.35. The molecular formula is C19H21ClFN3O3. The molecule has 1 aliphatic rings. The lowest BCUT2D eigenvalue weighted by molar-refractivity contribution is -0.122. The Hall–Kier alpha value is -2.67. The minimum Gasteiger partial charge on any atom is -0.373 e. The van der Waals surface area contributed by atoms with Crippen molar-refractivity contribution in [3.05, 3.63) is 46.8 Å². The van der Waals surface area contributed by atoms with Gasteiger partial charge in [-0.2, -0.15) is 0 Å². The predicted molar refractivity (Wildman–Crippen MR) is 103 cm³/mol. The van der Waals surface area contributed by atoms with E-state index < -0.39 is 23.7 Å². The van der Waals surface area contributed by atoms with E-state index in [-0.39, 0.29) is 28.7 Å². The number of rotatable bonds is 6. The summed E-state index contributed by atoms with van der Waals surface area (Å²) in [7, 11) is 0. The molecule has 0 radical (unpaired) electrons. The summed E-state index contributed by atoms with van der Waals surface area (Å²) >= 11 is 6.07. The average Bonchev–Trinajstić information content (AvgIpc) is 2.90. The number of anilines is 2. The van der Waals surface area contributed by atoms with Crippen LogP contribution in [0.5, 0.6) is 0 Å². The molecule has 0 spiro atoms. The Bertz CT molecular complexity index is 847. The first-order chi connectivity index (χ1) is 12.7. The molecule has 1 aromatic rings. The molecular weight excluding hydrogens is 373 g/mol. The van der Waals surface area contributed by atoms with Gasteiger partial charge in [0.2, 0.25) is 11.8 Å². The van der Waals surface area contributed by atoms with Gasteiger partial charge in [0.1, 0.15) is 11.9 Å². The summed E-state index contributed by atoms with van der Waals surface area (Å²) < 4.78 is 14.5. The minimum atomic E-state index is -0.800. The number of imide groups is 1. The molecule has 3 amide bonds. The molecule has 1 fully saturated rings. The SMILES string of the molecule is C=CCNC(=O)C(C)Nc1cc(N2C(=O)CC(=C(C)C)C2=O)c(F)cc1Cl. The van der Waals surface area contributed by atoms with Gasteiger partial charge in [-0.15, -0.1) is 6.58 Å². The average molecular weight is 394 g/mol. The minimum absolute atomic E-state index is 0.0288. The Morgan fingerprint density at radius 3 is 2.63 bits per heavy atom. The van der Waals surface area contributed by atoms with E-state index in [4.69, 9.17) is 11.6 Å². The van der Waals surface area contributed by atoms with Gasteiger partial charge in [-0.05, 0) is 32.9 Å². The largest absolute Gasteiger partial charge is 0.373 e. The lowest BCUT2D eigenvalue weighted by atomic mass is 10.1. The van der Waals surface area contributed by atoms with Crippen LogP contribution in [-0.2, 0) is 14.4 Å². The molecule has 2 rings (SSSR count). The van der Waals surface area contributed by atoms with Crippen molar-refractivity contribution in [2.75, 3.05) is 16.8 Å². The molecule has 1 atom stereocenters. The van der Waals surface area contributed by atoms with E-state index in [2.05, 4.69) is 17.2 Å². The number of halogens is 2. The van der Waals surface area contributed by atoms with E-state index >= 15 is 0 Å². The third-order valence-corrected chi connectivity index (χ3v) is 4.42. The summed E-state index contributed by atoms with van der Waals surface area (Å²) in [6.45, 7) is 8.86. The second-order valence-corrected chi connectivity index (χ2v) is 6.78. The number of nitrogens with zero attached hydrogens (tertiary/aromatic N) is 1. The zero-order valence-corrected chi connectivity index (χ0v) is 16.1. The quantitative estimate of drug-likeness (QED) is 0.442. The number of amides is 3. The number of carbonyl (C=O) groups is 3. The van der Waals surface area contributed by atoms with E-state index in [9.17, 15) is 18.8 Å². The van der Waals surface area contributed by atoms with E-state index in [1.165, 1.54) is 6.07 Å². The number of nitrogens with one attached hydrogen (secondary N) is 2. The summed E-state index contributed by atoms with van der Waals surface area (Å²) in [4.78, 5) is 37.6. The first-order valence-electron chi connectivity index (χ1n) is 8.35. The van der Waals surface area contributed by atoms with Gasteiger partial charge < -0.3 is 10.6 Å². The highest BCUT2D eigenvalue weighted by Gasteiger charge is 2.37. The fraction of sp³-hybridized carbons (Fsp3) is 0.316. The van der Waals surface area contributed by atoms with Crippen molar-refractivity contribution >= 4 is 40.7 Å². The molecule has 2 N–H and O–H groups in total. The molecule has 0 aliphatic carbocycles. The number of benzene rings is 1. The van der Waals surface area contributed by atoms with Crippen molar-refractivity contribution in [1.29, 1.82) is 0 Å². The fourth-order valence-electron chi connectivity index (χ4n) is 2.63. The van der Waals surface area contributed by atoms with Crippen molar-refractivity contribution in [3.63, 3.8) is 0 Å². The van der Waals surface area contributed by atoms with Gasteiger partial charge in [-0.3, -0.25) is 14.4 Å². The zero-order valence-electron chi connectivity index (χ0n) is 15.4. The number of hydrogen-bond acceptors (Lipinski definition) is 4. The van der Waals surface area contributed by atoms with Crippen molar-refractivity contribution in [1.82, 2.24) is 5.32 Å². The Morgan fingerprint density at radius 1 is 1.41 bits per heavy atom. The van der Waals surface area contributed by atoms with Crippen molar-refractivity contribution < 1.29 is 18.8 Å². The first kappa shape index (κ1) is 20.6. The third-order valence-electron chi connectivity index (χ3n) is 4.11. The lowest BCUT2D eigenvalue weighted by Gasteiger charge is -2.20. The fourth-order valence-corrected chi connectivity index (χ4v) is 2.84. The van der Waals surface area contributed by atoms with E-state index in [0.717, 1.165) is 11.0 Å². The van der Waals surface area contributed by atoms with Crippen molar-refractivity contribution in [2.45, 2.75) is 33.2 Å². The smallest absolute Gasteiger partial charge is 0.261 e. The van der Waals surface area contributed by atoms with Crippen LogP contribution in [-0.4, -0.2) is 30.3 Å². The summed E-state index contributed by atoms with van der Waals surface area (Å²) in [6.07, 6.45) is 1.46. The van der Waals surface area contributed by atoms with Crippen LogP contribution in [0.4, 0.5) is 15.8 Å². The molecule has 0 aromatic heterocycles. The van der Waals surface area contributed by atoms with Crippen LogP contribution in [0, 0.1) is 5.82 Å². The standard InChI is InChI=1S/C19H21ClFN3O3/c1-5-6-22-18(26)11(4)23-15-9-16(14(21)8-13(15)20)24-17(25)7-12(10(2)3)19(24)27/h5,8-9,11,23H,1,6-7H2,2-4H3,(H,22,26). The van der Waals surface area contributed by atoms with Crippen LogP contribution in [0.1, 0.15) is 27.2 Å². The predicted octanol–water partition coefficient (Wildman–Crippen LogP) is 3.18. The van der Waals surface area contributed by atoms with Crippen LogP contribution in [0.3, 0.4) is 0 Å². The van der Waals surface area contributed by atoms with Crippen LogP contribution in [0.2, 0.25) is 5.02 Å². The van der Waals surface area contributed by atoms with E-state index in [1.807, 2.05) is 0 Å². The highest BCUT2D eigenvalue weighted by Crippen LogP contribution is 2.35. The maximum atomic E-state index is 14.5. The van der Waals surface area contributed by atoms with E-state index in [0.29, 0.717) is 17.7 Å². The molecule has 27 heavy (non-hydrogen) atoms. The number of allylic oxidation sites excluding steroid dienone is 1. The lowest BCUT2D eigenvalue weighted by Crippen LogP contribution is -2.37. The van der Waals surface area contributed by atoms with Crippen LogP contribution >= 0.6 is 11.6 Å². The summed E-state index contributed by atoms with van der Waals surface area (Å²) in [6, 6.07) is 1.59. The normalized spacial score (nSPS) is 15.0. The van der Waals surface area contributed by atoms with Gasteiger partial charge in [0.05, 0.1) is 22.8 Å². The summed E-state index contributed by atoms with van der Waals surface area (Å²) in [5.74, 6) is -2.17. The molecule has 1 heterocycles.